The Hall–Kier alpha value is -4.16. The van der Waals surface area contributed by atoms with Gasteiger partial charge in [-0.3, -0.25) is 4.79 Å². The van der Waals surface area contributed by atoms with Crippen molar-refractivity contribution in [1.29, 1.82) is 0 Å². The first-order valence-electron chi connectivity index (χ1n) is 13.0. The number of carbonyl (C=O) groups excluding carboxylic acids is 1. The van der Waals surface area contributed by atoms with Gasteiger partial charge in [0, 0.05) is 55.8 Å². The van der Waals surface area contributed by atoms with Crippen LogP contribution >= 0.6 is 0 Å². The Balaban J connectivity index is 1.48. The first-order valence-corrected chi connectivity index (χ1v) is 13.0. The van der Waals surface area contributed by atoms with Crippen LogP contribution in [0.1, 0.15) is 17.7 Å². The summed E-state index contributed by atoms with van der Waals surface area (Å²) in [5, 5.41) is 11.6. The average Bonchev–Trinajstić information content (AvgIpc) is 2.96. The second kappa shape index (κ2) is 11.5. The molecule has 1 saturated heterocycles. The zero-order valence-electron chi connectivity index (χ0n) is 21.4. The van der Waals surface area contributed by atoms with Crippen LogP contribution in [0.4, 0.5) is 11.5 Å². The molecule has 1 N–H and O–H groups in total. The van der Waals surface area contributed by atoms with Crippen molar-refractivity contribution in [1.82, 2.24) is 14.9 Å². The minimum Gasteiger partial charge on any atom is -0.463 e. The number of aromatic nitrogens is 2. The Labute approximate surface area is 222 Å². The van der Waals surface area contributed by atoms with Crippen LogP contribution in [0, 0.1) is 6.57 Å². The lowest BCUT2D eigenvalue weighted by molar-refractivity contribution is -0.128. The number of piperazine rings is 1. The van der Waals surface area contributed by atoms with Gasteiger partial charge in [0.25, 0.3) is 0 Å². The Morgan fingerprint density at radius 3 is 2.82 bits per heavy atom. The van der Waals surface area contributed by atoms with E-state index in [2.05, 4.69) is 63.7 Å². The quantitative estimate of drug-likeness (QED) is 0.282. The SMILES string of the molecule is [C-]#[N+]CC1CN(c2nc(OCCCO)nc3c2CCN(c2cccc4ccccc24)C3)CCN1C(=O)C=C. The molecule has 0 aliphatic carbocycles. The number of fused-ring (bicyclic) bond motifs is 2. The molecule has 0 bridgehead atoms. The van der Waals surface area contributed by atoms with E-state index >= 15 is 0 Å². The van der Waals surface area contributed by atoms with Crippen LogP contribution in [-0.2, 0) is 17.8 Å². The van der Waals surface area contributed by atoms with Gasteiger partial charge < -0.3 is 29.4 Å². The van der Waals surface area contributed by atoms with E-state index in [4.69, 9.17) is 21.3 Å². The fraction of sp³-hybridized carbons (Fsp3) is 0.379. The molecular formula is C29H32N6O3. The maximum Gasteiger partial charge on any atom is 0.318 e. The molecule has 3 aromatic rings. The summed E-state index contributed by atoms with van der Waals surface area (Å²) < 4.78 is 5.85. The van der Waals surface area contributed by atoms with Gasteiger partial charge in [0.1, 0.15) is 11.9 Å². The molecule has 2 aliphatic rings. The van der Waals surface area contributed by atoms with Crippen LogP contribution in [0.2, 0.25) is 0 Å². The lowest BCUT2D eigenvalue weighted by Gasteiger charge is -2.41. The molecule has 5 rings (SSSR count). The summed E-state index contributed by atoms with van der Waals surface area (Å²) in [6.07, 6.45) is 2.57. The Bertz CT molecular complexity index is 1360. The minimum absolute atomic E-state index is 0.0320. The first-order chi connectivity index (χ1) is 18.6. The molecule has 9 heteroatoms. The third-order valence-corrected chi connectivity index (χ3v) is 7.21. The van der Waals surface area contributed by atoms with Crippen molar-refractivity contribution in [3.05, 3.63) is 77.8 Å². The highest BCUT2D eigenvalue weighted by molar-refractivity contribution is 5.94. The third-order valence-electron chi connectivity index (χ3n) is 7.21. The van der Waals surface area contributed by atoms with Gasteiger partial charge in [-0.05, 0) is 23.9 Å². The lowest BCUT2D eigenvalue weighted by atomic mass is 10.0. The molecule has 38 heavy (non-hydrogen) atoms. The molecule has 1 aromatic heterocycles. The monoisotopic (exact) mass is 512 g/mol. The Morgan fingerprint density at radius 1 is 1.16 bits per heavy atom. The number of nitrogens with zero attached hydrogens (tertiary/aromatic N) is 6. The zero-order valence-corrected chi connectivity index (χ0v) is 21.4. The van der Waals surface area contributed by atoms with E-state index < -0.39 is 0 Å². The molecule has 1 atom stereocenters. The van der Waals surface area contributed by atoms with Crippen molar-refractivity contribution in [2.45, 2.75) is 25.4 Å². The minimum atomic E-state index is -0.244. The molecule has 0 saturated carbocycles. The standard InChI is InChI=1S/C29H32N6O3/c1-3-27(37)35-15-14-34(19-22(35)18-30-2)28-24-12-13-33(20-25(24)31-29(32-28)38-17-7-16-36)26-11-6-9-21-8-4-5-10-23(21)26/h3-6,8-11,22,36H,1,7,12-20H2. The number of aliphatic hydroxyl groups excluding tert-OH is 1. The fourth-order valence-corrected chi connectivity index (χ4v) is 5.35. The lowest BCUT2D eigenvalue weighted by Crippen LogP contribution is -2.56. The Morgan fingerprint density at radius 2 is 2.00 bits per heavy atom. The number of hydrogen-bond donors (Lipinski definition) is 1. The summed E-state index contributed by atoms with van der Waals surface area (Å²) in [5.74, 6) is 0.661. The second-order valence-corrected chi connectivity index (χ2v) is 9.53. The van der Waals surface area contributed by atoms with Gasteiger partial charge in [0.05, 0.1) is 18.8 Å². The van der Waals surface area contributed by atoms with Crippen LogP contribution in [0.5, 0.6) is 6.01 Å². The van der Waals surface area contributed by atoms with Gasteiger partial charge in [-0.15, -0.1) is 0 Å². The van der Waals surface area contributed by atoms with Crippen LogP contribution in [0.25, 0.3) is 15.6 Å². The topological polar surface area (TPSA) is 86.4 Å². The maximum atomic E-state index is 12.4. The summed E-state index contributed by atoms with van der Waals surface area (Å²) >= 11 is 0. The summed E-state index contributed by atoms with van der Waals surface area (Å²) in [5.41, 5.74) is 3.17. The van der Waals surface area contributed by atoms with E-state index in [9.17, 15) is 9.90 Å². The molecule has 9 nitrogen and oxygen atoms in total. The maximum absolute atomic E-state index is 12.4. The van der Waals surface area contributed by atoms with Crippen molar-refractivity contribution in [2.24, 2.45) is 0 Å². The number of anilines is 2. The van der Waals surface area contributed by atoms with E-state index in [1.54, 1.807) is 4.90 Å². The average molecular weight is 513 g/mol. The predicted octanol–water partition coefficient (Wildman–Crippen LogP) is 3.08. The van der Waals surface area contributed by atoms with Crippen LogP contribution in [-0.4, -0.2) is 77.9 Å². The number of amides is 1. The van der Waals surface area contributed by atoms with E-state index in [1.165, 1.54) is 22.5 Å². The number of rotatable bonds is 8. The van der Waals surface area contributed by atoms with Crippen molar-refractivity contribution in [2.75, 3.05) is 55.7 Å². The molecule has 1 unspecified atom stereocenters. The van der Waals surface area contributed by atoms with Crippen LogP contribution in [0.15, 0.2) is 55.1 Å². The summed E-state index contributed by atoms with van der Waals surface area (Å²) in [7, 11) is 0. The van der Waals surface area contributed by atoms with Gasteiger partial charge in [-0.2, -0.15) is 9.97 Å². The zero-order chi connectivity index (χ0) is 26.5. The van der Waals surface area contributed by atoms with Gasteiger partial charge in [-0.1, -0.05) is 43.0 Å². The number of benzene rings is 2. The van der Waals surface area contributed by atoms with Crippen LogP contribution in [0.3, 0.4) is 0 Å². The van der Waals surface area contributed by atoms with Gasteiger partial charge in [0.2, 0.25) is 12.5 Å². The van der Waals surface area contributed by atoms with Crippen LogP contribution < -0.4 is 14.5 Å². The largest absolute Gasteiger partial charge is 0.463 e. The van der Waals surface area contributed by atoms with Crippen molar-refractivity contribution < 1.29 is 14.6 Å². The number of hydrogen-bond acceptors (Lipinski definition) is 7. The van der Waals surface area contributed by atoms with Gasteiger partial charge >= 0.3 is 6.01 Å². The van der Waals surface area contributed by atoms with E-state index in [0.29, 0.717) is 45.2 Å². The van der Waals surface area contributed by atoms with E-state index in [1.807, 2.05) is 0 Å². The van der Waals surface area contributed by atoms with E-state index in [0.717, 1.165) is 30.0 Å². The number of aliphatic hydroxyl groups is 1. The van der Waals surface area contributed by atoms with Crippen molar-refractivity contribution >= 4 is 28.2 Å². The summed E-state index contributed by atoms with van der Waals surface area (Å²) in [4.78, 5) is 31.8. The molecule has 3 heterocycles. The molecule has 2 aromatic carbocycles. The van der Waals surface area contributed by atoms with Gasteiger partial charge in [-0.25, -0.2) is 6.57 Å². The molecule has 1 fully saturated rings. The summed E-state index contributed by atoms with van der Waals surface area (Å²) in [6, 6.07) is 14.8. The molecule has 196 valence electrons. The predicted molar refractivity (Wildman–Crippen MR) is 147 cm³/mol. The summed E-state index contributed by atoms with van der Waals surface area (Å²) in [6.45, 7) is 14.6. The third kappa shape index (κ3) is 5.13. The van der Waals surface area contributed by atoms with Gasteiger partial charge in [0.15, 0.2) is 0 Å². The van der Waals surface area contributed by atoms with E-state index in [-0.39, 0.29) is 25.1 Å². The molecule has 0 spiro atoms. The Kier molecular flexibility index (Phi) is 7.70. The number of ether oxygens (including phenoxy) is 1. The molecule has 2 aliphatic heterocycles. The molecule has 0 radical (unpaired) electrons. The highest BCUT2D eigenvalue weighted by Crippen LogP contribution is 2.34. The highest BCUT2D eigenvalue weighted by atomic mass is 16.5. The normalized spacial score (nSPS) is 17.2. The molecular weight excluding hydrogens is 480 g/mol. The molecule has 1 amide bonds. The fourth-order valence-electron chi connectivity index (χ4n) is 5.35. The first kappa shape index (κ1) is 25.5. The highest BCUT2D eigenvalue weighted by Gasteiger charge is 2.34. The van der Waals surface area contributed by atoms with Crippen molar-refractivity contribution in [3.63, 3.8) is 0 Å². The second-order valence-electron chi connectivity index (χ2n) is 9.53. The smallest absolute Gasteiger partial charge is 0.318 e. The number of carbonyl (C=O) groups is 1. The van der Waals surface area contributed by atoms with Crippen molar-refractivity contribution in [3.8, 4) is 6.01 Å².